The van der Waals surface area contributed by atoms with Gasteiger partial charge in [-0.3, -0.25) is 9.59 Å². The maximum Gasteiger partial charge on any atom is 0.328 e. The minimum absolute atomic E-state index is 0.0817. The molecule has 2 atom stereocenters. The molecule has 0 saturated carbocycles. The lowest BCUT2D eigenvalue weighted by molar-refractivity contribution is -0.143. The van der Waals surface area contributed by atoms with Crippen LogP contribution in [0.15, 0.2) is 79.1 Å². The van der Waals surface area contributed by atoms with E-state index in [2.05, 4.69) is 25.6 Å². The van der Waals surface area contributed by atoms with Crippen LogP contribution >= 0.6 is 0 Å². The zero-order valence-corrected chi connectivity index (χ0v) is 23.0. The smallest absolute Gasteiger partial charge is 0.328 e. The Morgan fingerprint density at radius 2 is 1.10 bits per heavy atom. The molecule has 2 amide bonds. The Labute approximate surface area is 240 Å². The number of para-hydroxylation sites is 2. The number of hydrogen-bond donors (Lipinski definition) is 4. The fourth-order valence-corrected chi connectivity index (χ4v) is 4.86. The molecule has 11 nitrogen and oxygen atoms in total. The number of nitrogens with one attached hydrogen (secondary N) is 4. The first-order valence-electron chi connectivity index (χ1n) is 13.2. The van der Waals surface area contributed by atoms with E-state index in [1.807, 2.05) is 48.5 Å². The van der Waals surface area contributed by atoms with Crippen molar-refractivity contribution in [3.05, 3.63) is 102 Å². The Balaban J connectivity index is 1.31. The predicted molar refractivity (Wildman–Crippen MR) is 155 cm³/mol. The van der Waals surface area contributed by atoms with Gasteiger partial charge in [-0.15, -0.1) is 0 Å². The number of ether oxygens (including phenoxy) is 2. The molecule has 0 aliphatic rings. The second kappa shape index (κ2) is 12.4. The average molecular weight is 568 g/mol. The molecule has 0 bridgehead atoms. The highest BCUT2D eigenvalue weighted by Gasteiger charge is 2.27. The third-order valence-corrected chi connectivity index (χ3v) is 6.99. The van der Waals surface area contributed by atoms with Gasteiger partial charge in [0.05, 0.1) is 14.2 Å². The first kappa shape index (κ1) is 28.1. The fourth-order valence-electron chi connectivity index (χ4n) is 4.86. The van der Waals surface area contributed by atoms with Crippen molar-refractivity contribution in [3.8, 4) is 0 Å². The number of fused-ring (bicyclic) bond motifs is 2. The molecular formula is C31H29N5O6. The van der Waals surface area contributed by atoms with Gasteiger partial charge in [0, 0.05) is 47.0 Å². The Bertz CT molecular complexity index is 1650. The SMILES string of the molecule is COC(=O)[C@H](Cc1c[nH]c2ccccc12)NC(=O)c1cccc(C(=O)N[C@@H](Cc2c[nH]c3ccccc23)C(=O)OC)n1. The number of hydrogen-bond acceptors (Lipinski definition) is 7. The van der Waals surface area contributed by atoms with E-state index in [0.29, 0.717) is 0 Å². The number of rotatable bonds is 10. The topological polar surface area (TPSA) is 155 Å². The minimum Gasteiger partial charge on any atom is -0.467 e. The average Bonchev–Trinajstić information content (AvgIpc) is 3.63. The van der Waals surface area contributed by atoms with Crippen LogP contribution < -0.4 is 10.6 Å². The Kier molecular flexibility index (Phi) is 8.28. The van der Waals surface area contributed by atoms with Gasteiger partial charge in [-0.05, 0) is 35.4 Å². The number of aromatic amines is 2. The van der Waals surface area contributed by atoms with Crippen molar-refractivity contribution in [1.29, 1.82) is 0 Å². The molecular weight excluding hydrogens is 538 g/mol. The summed E-state index contributed by atoms with van der Waals surface area (Å²) in [6.45, 7) is 0. The lowest BCUT2D eigenvalue weighted by Gasteiger charge is -2.17. The highest BCUT2D eigenvalue weighted by atomic mass is 16.5. The monoisotopic (exact) mass is 567 g/mol. The molecule has 3 aromatic heterocycles. The number of pyridine rings is 1. The van der Waals surface area contributed by atoms with Crippen molar-refractivity contribution in [1.82, 2.24) is 25.6 Å². The molecule has 0 fully saturated rings. The van der Waals surface area contributed by atoms with E-state index >= 15 is 0 Å². The van der Waals surface area contributed by atoms with Crippen LogP contribution in [-0.4, -0.2) is 65.0 Å². The van der Waals surface area contributed by atoms with Crippen LogP contribution in [0.2, 0.25) is 0 Å². The maximum atomic E-state index is 13.2. The number of aromatic nitrogens is 3. The van der Waals surface area contributed by atoms with Crippen LogP contribution in [0.1, 0.15) is 32.1 Å². The van der Waals surface area contributed by atoms with Crippen LogP contribution in [0.25, 0.3) is 21.8 Å². The molecule has 5 aromatic rings. The molecule has 0 aliphatic carbocycles. The van der Waals surface area contributed by atoms with Gasteiger partial charge in [-0.1, -0.05) is 42.5 Å². The number of amides is 2. The Morgan fingerprint density at radius 3 is 1.52 bits per heavy atom. The van der Waals surface area contributed by atoms with E-state index in [0.717, 1.165) is 32.9 Å². The van der Waals surface area contributed by atoms with Gasteiger partial charge in [0.25, 0.3) is 11.8 Å². The molecule has 5 rings (SSSR count). The predicted octanol–water partition coefficient (Wildman–Crippen LogP) is 3.07. The summed E-state index contributed by atoms with van der Waals surface area (Å²) in [5.74, 6) is -2.58. The number of H-pyrrole nitrogens is 2. The van der Waals surface area contributed by atoms with Gasteiger partial charge in [-0.25, -0.2) is 14.6 Å². The molecule has 214 valence electrons. The molecule has 0 saturated heterocycles. The fraction of sp³-hybridized carbons (Fsp3) is 0.194. The summed E-state index contributed by atoms with van der Waals surface area (Å²) in [5.41, 5.74) is 3.29. The summed E-state index contributed by atoms with van der Waals surface area (Å²) in [6, 6.07) is 17.6. The third kappa shape index (κ3) is 5.99. The van der Waals surface area contributed by atoms with Gasteiger partial charge >= 0.3 is 11.9 Å². The maximum absolute atomic E-state index is 13.2. The largest absolute Gasteiger partial charge is 0.467 e. The quantitative estimate of drug-likeness (QED) is 0.189. The lowest BCUT2D eigenvalue weighted by atomic mass is 10.0. The molecule has 0 unspecified atom stereocenters. The van der Waals surface area contributed by atoms with Crippen molar-refractivity contribution in [3.63, 3.8) is 0 Å². The summed E-state index contributed by atoms with van der Waals surface area (Å²) in [6.07, 6.45) is 3.92. The highest BCUT2D eigenvalue weighted by molar-refractivity contribution is 5.99. The van der Waals surface area contributed by atoms with Crippen LogP contribution in [0.3, 0.4) is 0 Å². The van der Waals surface area contributed by atoms with Crippen LogP contribution in [0.4, 0.5) is 0 Å². The summed E-state index contributed by atoms with van der Waals surface area (Å²) in [4.78, 5) is 61.9. The molecule has 0 aliphatic heterocycles. The van der Waals surface area contributed by atoms with Crippen molar-refractivity contribution >= 4 is 45.6 Å². The number of nitrogens with zero attached hydrogens (tertiary/aromatic N) is 1. The molecule has 42 heavy (non-hydrogen) atoms. The second-order valence-corrected chi connectivity index (χ2v) is 9.63. The first-order valence-corrected chi connectivity index (χ1v) is 13.2. The molecule has 2 aromatic carbocycles. The third-order valence-electron chi connectivity index (χ3n) is 6.99. The van der Waals surface area contributed by atoms with E-state index < -0.39 is 35.8 Å². The van der Waals surface area contributed by atoms with Gasteiger partial charge in [0.15, 0.2) is 0 Å². The Hall–Kier alpha value is -5.45. The molecule has 0 spiro atoms. The molecule has 0 radical (unpaired) electrons. The Morgan fingerprint density at radius 1 is 0.667 bits per heavy atom. The van der Waals surface area contributed by atoms with E-state index in [4.69, 9.17) is 9.47 Å². The lowest BCUT2D eigenvalue weighted by Crippen LogP contribution is -2.44. The molecule has 4 N–H and O–H groups in total. The van der Waals surface area contributed by atoms with Crippen molar-refractivity contribution in [2.45, 2.75) is 24.9 Å². The minimum atomic E-state index is -0.999. The van der Waals surface area contributed by atoms with E-state index in [1.165, 1.54) is 32.4 Å². The second-order valence-electron chi connectivity index (χ2n) is 9.63. The van der Waals surface area contributed by atoms with E-state index in [1.54, 1.807) is 12.4 Å². The van der Waals surface area contributed by atoms with Gasteiger partial charge in [-0.2, -0.15) is 0 Å². The van der Waals surface area contributed by atoms with Crippen molar-refractivity contribution < 1.29 is 28.7 Å². The zero-order chi connectivity index (χ0) is 29.6. The van der Waals surface area contributed by atoms with Gasteiger partial charge < -0.3 is 30.1 Å². The van der Waals surface area contributed by atoms with Crippen molar-refractivity contribution in [2.75, 3.05) is 14.2 Å². The standard InChI is InChI=1S/C31H29N5O6/c1-41-30(39)26(14-18-16-32-22-10-5-3-8-20(18)22)35-28(37)24-12-7-13-25(34-24)29(38)36-27(31(40)42-2)15-19-17-33-23-11-6-4-9-21(19)23/h3-13,16-17,26-27,32-33H,14-15H2,1-2H3,(H,35,37)(H,36,38)/t26-,27-/m0/s1. The molecule has 11 heteroatoms. The number of esters is 2. The summed E-state index contributed by atoms with van der Waals surface area (Å²) >= 11 is 0. The number of benzene rings is 2. The van der Waals surface area contributed by atoms with Gasteiger partial charge in [0.2, 0.25) is 0 Å². The normalized spacial score (nSPS) is 12.4. The summed E-state index contributed by atoms with van der Waals surface area (Å²) in [5, 5.41) is 7.18. The summed E-state index contributed by atoms with van der Waals surface area (Å²) < 4.78 is 9.85. The number of methoxy groups -OCH3 is 2. The van der Waals surface area contributed by atoms with E-state index in [-0.39, 0.29) is 24.2 Å². The molecule has 3 heterocycles. The van der Waals surface area contributed by atoms with Crippen LogP contribution in [-0.2, 0) is 31.9 Å². The number of carbonyl (C=O) groups is 4. The van der Waals surface area contributed by atoms with E-state index in [9.17, 15) is 19.2 Å². The number of carbonyl (C=O) groups excluding carboxylic acids is 4. The zero-order valence-electron chi connectivity index (χ0n) is 23.0. The van der Waals surface area contributed by atoms with Crippen molar-refractivity contribution in [2.24, 2.45) is 0 Å². The van der Waals surface area contributed by atoms with Crippen LogP contribution in [0, 0.1) is 0 Å². The van der Waals surface area contributed by atoms with Crippen LogP contribution in [0.5, 0.6) is 0 Å². The summed E-state index contributed by atoms with van der Waals surface area (Å²) in [7, 11) is 2.49. The van der Waals surface area contributed by atoms with Gasteiger partial charge in [0.1, 0.15) is 23.5 Å². The highest BCUT2D eigenvalue weighted by Crippen LogP contribution is 2.21. The first-order chi connectivity index (χ1) is 20.4.